The lowest BCUT2D eigenvalue weighted by Gasteiger charge is -2.17. The highest BCUT2D eigenvalue weighted by molar-refractivity contribution is 7.92. The predicted molar refractivity (Wildman–Crippen MR) is 129 cm³/mol. The van der Waals surface area contributed by atoms with Crippen molar-refractivity contribution >= 4 is 32.4 Å². The molecule has 0 spiro atoms. The third kappa shape index (κ3) is 5.62. The van der Waals surface area contributed by atoms with Crippen molar-refractivity contribution in [3.63, 3.8) is 0 Å². The Morgan fingerprint density at radius 3 is 2.56 bits per heavy atom. The van der Waals surface area contributed by atoms with Crippen LogP contribution in [-0.4, -0.2) is 40.3 Å². The van der Waals surface area contributed by atoms with Crippen molar-refractivity contribution in [2.45, 2.75) is 26.2 Å². The maximum atomic E-state index is 14.7. The van der Waals surface area contributed by atoms with Crippen LogP contribution in [-0.2, 0) is 10.0 Å². The summed E-state index contributed by atoms with van der Waals surface area (Å²) in [5, 5.41) is 8.42. The zero-order valence-corrected chi connectivity index (χ0v) is 20.0. The van der Waals surface area contributed by atoms with Gasteiger partial charge in [0, 0.05) is 23.4 Å². The van der Waals surface area contributed by atoms with E-state index < -0.39 is 33.9 Å². The molecule has 2 aromatic heterocycles. The number of halogens is 3. The molecule has 188 valence electrons. The molecule has 4 rings (SSSR count). The number of fused-ring (bicyclic) bond motifs is 1. The van der Waals surface area contributed by atoms with Gasteiger partial charge in [-0.1, -0.05) is 12.1 Å². The fraction of sp³-hybridized carbons (Fsp3) is 0.217. The van der Waals surface area contributed by atoms with Gasteiger partial charge in [-0.2, -0.15) is 5.10 Å². The SMILES string of the molecule is Cc1ccc2c(NS(=O)(=O)CCC(C)(F)F)c(F)ccc2c1Oc1nnccc1-c1ccnc(N)n1. The number of hydrogen-bond donors (Lipinski definition) is 2. The molecular formula is C23H21F3N6O3S. The lowest BCUT2D eigenvalue weighted by atomic mass is 10.0. The van der Waals surface area contributed by atoms with E-state index in [2.05, 4.69) is 24.9 Å². The molecule has 0 saturated carbocycles. The van der Waals surface area contributed by atoms with Crippen molar-refractivity contribution in [1.29, 1.82) is 0 Å². The van der Waals surface area contributed by atoms with E-state index in [0.29, 0.717) is 29.1 Å². The molecule has 0 aliphatic carbocycles. The number of nitrogen functional groups attached to an aromatic ring is 1. The molecule has 0 aliphatic rings. The number of ether oxygens (including phenoxy) is 1. The van der Waals surface area contributed by atoms with E-state index in [-0.39, 0.29) is 28.7 Å². The number of nitrogens with zero attached hydrogens (tertiary/aromatic N) is 4. The monoisotopic (exact) mass is 518 g/mol. The molecule has 9 nitrogen and oxygen atoms in total. The number of aryl methyl sites for hydroxylation is 1. The molecule has 3 N–H and O–H groups in total. The molecule has 13 heteroatoms. The Kier molecular flexibility index (Phi) is 6.67. The van der Waals surface area contributed by atoms with E-state index in [4.69, 9.17) is 10.5 Å². The van der Waals surface area contributed by atoms with Crippen LogP contribution in [0.1, 0.15) is 18.9 Å². The number of nitrogens with two attached hydrogens (primary N) is 1. The second-order valence-corrected chi connectivity index (χ2v) is 9.96. The molecule has 0 atom stereocenters. The number of hydrogen-bond acceptors (Lipinski definition) is 8. The van der Waals surface area contributed by atoms with Crippen LogP contribution in [0.15, 0.2) is 48.8 Å². The number of sulfonamides is 1. The van der Waals surface area contributed by atoms with Crippen molar-refractivity contribution in [3.05, 3.63) is 60.2 Å². The topological polar surface area (TPSA) is 133 Å². The van der Waals surface area contributed by atoms with Crippen LogP contribution >= 0.6 is 0 Å². The smallest absolute Gasteiger partial charge is 0.248 e. The van der Waals surface area contributed by atoms with Gasteiger partial charge < -0.3 is 10.5 Å². The van der Waals surface area contributed by atoms with Gasteiger partial charge in [-0.25, -0.2) is 31.6 Å². The predicted octanol–water partition coefficient (Wildman–Crippen LogP) is 4.70. The van der Waals surface area contributed by atoms with E-state index in [1.54, 1.807) is 25.1 Å². The minimum atomic E-state index is -4.27. The first-order valence-corrected chi connectivity index (χ1v) is 12.3. The molecule has 0 fully saturated rings. The van der Waals surface area contributed by atoms with E-state index >= 15 is 0 Å². The first-order valence-electron chi connectivity index (χ1n) is 10.6. The van der Waals surface area contributed by atoms with Crippen LogP contribution in [0.25, 0.3) is 22.0 Å². The molecule has 0 aliphatic heterocycles. The first-order chi connectivity index (χ1) is 16.9. The molecule has 2 heterocycles. The Bertz CT molecular complexity index is 1540. The summed E-state index contributed by atoms with van der Waals surface area (Å²) < 4.78 is 74.2. The van der Waals surface area contributed by atoms with Gasteiger partial charge in [0.15, 0.2) is 0 Å². The lowest BCUT2D eigenvalue weighted by Crippen LogP contribution is -2.23. The van der Waals surface area contributed by atoms with Crippen molar-refractivity contribution in [3.8, 4) is 22.9 Å². The van der Waals surface area contributed by atoms with Gasteiger partial charge in [0.2, 0.25) is 27.8 Å². The fourth-order valence-corrected chi connectivity index (χ4v) is 4.68. The Balaban J connectivity index is 1.77. The highest BCUT2D eigenvalue weighted by Gasteiger charge is 2.26. The first kappa shape index (κ1) is 25.1. The van der Waals surface area contributed by atoms with Crippen LogP contribution in [0, 0.1) is 12.7 Å². The van der Waals surface area contributed by atoms with Gasteiger partial charge in [-0.15, -0.1) is 5.10 Å². The molecule has 0 radical (unpaired) electrons. The Morgan fingerprint density at radius 2 is 1.83 bits per heavy atom. The number of alkyl halides is 2. The minimum Gasteiger partial charge on any atom is -0.436 e. The van der Waals surface area contributed by atoms with Crippen LogP contribution < -0.4 is 15.2 Å². The van der Waals surface area contributed by atoms with Crippen LogP contribution in [0.4, 0.5) is 24.8 Å². The number of aromatic nitrogens is 4. The standard InChI is InChI=1S/C23H21F3N6O3S/c1-13-3-4-14-15(5-6-17(24)19(14)32-36(33,34)12-9-23(2,25)26)20(13)35-21-16(7-11-29-31-21)18-8-10-28-22(27)30-18/h3-8,10-11,32H,9,12H2,1-2H3,(H2,27,28,30). The summed E-state index contributed by atoms with van der Waals surface area (Å²) in [7, 11) is -4.27. The molecular weight excluding hydrogens is 497 g/mol. The second-order valence-electron chi connectivity index (χ2n) is 8.12. The largest absolute Gasteiger partial charge is 0.436 e. The quantitative estimate of drug-likeness (QED) is 0.343. The van der Waals surface area contributed by atoms with Crippen LogP contribution in [0.2, 0.25) is 0 Å². The van der Waals surface area contributed by atoms with E-state index in [1.165, 1.54) is 24.5 Å². The summed E-state index contributed by atoms with van der Waals surface area (Å²) in [6.07, 6.45) is 2.00. The van der Waals surface area contributed by atoms with Gasteiger partial charge in [0.1, 0.15) is 11.6 Å². The van der Waals surface area contributed by atoms with Crippen molar-refractivity contribution in [2.75, 3.05) is 16.2 Å². The summed E-state index contributed by atoms with van der Waals surface area (Å²) >= 11 is 0. The Morgan fingerprint density at radius 1 is 1.08 bits per heavy atom. The third-order valence-electron chi connectivity index (χ3n) is 5.20. The van der Waals surface area contributed by atoms with E-state index in [1.807, 2.05) is 0 Å². The lowest BCUT2D eigenvalue weighted by molar-refractivity contribution is 0.0189. The van der Waals surface area contributed by atoms with Crippen molar-refractivity contribution in [1.82, 2.24) is 20.2 Å². The highest BCUT2D eigenvalue weighted by atomic mass is 32.2. The normalized spacial score (nSPS) is 12.0. The molecule has 2 aromatic carbocycles. The second kappa shape index (κ2) is 9.57. The van der Waals surface area contributed by atoms with Gasteiger partial charge in [-0.05, 0) is 43.7 Å². The molecule has 36 heavy (non-hydrogen) atoms. The number of nitrogens with one attached hydrogen (secondary N) is 1. The fourth-order valence-electron chi connectivity index (χ4n) is 3.43. The van der Waals surface area contributed by atoms with Gasteiger partial charge in [0.25, 0.3) is 0 Å². The summed E-state index contributed by atoms with van der Waals surface area (Å²) in [6, 6.07) is 8.82. The molecule has 4 aromatic rings. The Labute approximate surface area is 204 Å². The summed E-state index contributed by atoms with van der Waals surface area (Å²) in [6.45, 7) is 2.36. The maximum Gasteiger partial charge on any atom is 0.248 e. The molecule has 0 saturated heterocycles. The number of benzene rings is 2. The number of anilines is 2. The molecule has 0 amide bonds. The van der Waals surface area contributed by atoms with Crippen molar-refractivity contribution < 1.29 is 26.3 Å². The average Bonchev–Trinajstić information content (AvgIpc) is 2.81. The summed E-state index contributed by atoms with van der Waals surface area (Å²) in [4.78, 5) is 8.03. The zero-order chi connectivity index (χ0) is 26.1. The summed E-state index contributed by atoms with van der Waals surface area (Å²) in [5.41, 5.74) is 6.83. The van der Waals surface area contributed by atoms with E-state index in [0.717, 1.165) is 6.07 Å². The Hall–Kier alpha value is -4.00. The average molecular weight is 519 g/mol. The van der Waals surface area contributed by atoms with Crippen LogP contribution in [0.5, 0.6) is 11.6 Å². The van der Waals surface area contributed by atoms with E-state index in [9.17, 15) is 21.6 Å². The zero-order valence-electron chi connectivity index (χ0n) is 19.2. The summed E-state index contributed by atoms with van der Waals surface area (Å²) in [5.74, 6) is -4.57. The maximum absolute atomic E-state index is 14.7. The van der Waals surface area contributed by atoms with Gasteiger partial charge in [-0.3, -0.25) is 4.72 Å². The van der Waals surface area contributed by atoms with Gasteiger partial charge in [0.05, 0.1) is 28.9 Å². The van der Waals surface area contributed by atoms with Gasteiger partial charge >= 0.3 is 0 Å². The molecule has 0 bridgehead atoms. The minimum absolute atomic E-state index is 0.0461. The molecule has 0 unspecified atom stereocenters. The third-order valence-corrected chi connectivity index (χ3v) is 6.46. The van der Waals surface area contributed by atoms with Crippen LogP contribution in [0.3, 0.4) is 0 Å². The number of rotatable bonds is 8. The van der Waals surface area contributed by atoms with Crippen molar-refractivity contribution in [2.24, 2.45) is 0 Å². The highest BCUT2D eigenvalue weighted by Crippen LogP contribution is 2.39.